The summed E-state index contributed by atoms with van der Waals surface area (Å²) in [5.41, 5.74) is 8.08. The SMILES string of the molecule is Cc1cc(Cl)ccc1NS(=O)(=O)Cc1ccccc1N. The van der Waals surface area contributed by atoms with Crippen molar-refractivity contribution in [1.29, 1.82) is 0 Å². The van der Waals surface area contributed by atoms with Crippen LogP contribution in [0.4, 0.5) is 11.4 Å². The van der Waals surface area contributed by atoms with E-state index in [2.05, 4.69) is 4.72 Å². The summed E-state index contributed by atoms with van der Waals surface area (Å²) in [5.74, 6) is -0.165. The Morgan fingerprint density at radius 3 is 2.55 bits per heavy atom. The quantitative estimate of drug-likeness (QED) is 0.852. The average molecular weight is 311 g/mol. The fraction of sp³-hybridized carbons (Fsp3) is 0.143. The van der Waals surface area contributed by atoms with Crippen LogP contribution in [0.3, 0.4) is 0 Å². The fourth-order valence-electron chi connectivity index (χ4n) is 1.82. The molecule has 106 valence electrons. The first kappa shape index (κ1) is 14.7. The van der Waals surface area contributed by atoms with Crippen molar-refractivity contribution in [3.05, 3.63) is 58.6 Å². The zero-order chi connectivity index (χ0) is 14.8. The summed E-state index contributed by atoms with van der Waals surface area (Å²) in [4.78, 5) is 0. The van der Waals surface area contributed by atoms with Crippen LogP contribution in [0.25, 0.3) is 0 Å². The molecular weight excluding hydrogens is 296 g/mol. The maximum Gasteiger partial charge on any atom is 0.237 e. The van der Waals surface area contributed by atoms with Crippen molar-refractivity contribution in [1.82, 2.24) is 0 Å². The number of anilines is 2. The fourth-order valence-corrected chi connectivity index (χ4v) is 3.35. The van der Waals surface area contributed by atoms with E-state index in [4.69, 9.17) is 17.3 Å². The van der Waals surface area contributed by atoms with E-state index in [0.717, 1.165) is 5.56 Å². The molecule has 0 atom stereocenters. The van der Waals surface area contributed by atoms with Crippen molar-refractivity contribution in [3.8, 4) is 0 Å². The number of aryl methyl sites for hydroxylation is 1. The van der Waals surface area contributed by atoms with Crippen molar-refractivity contribution < 1.29 is 8.42 Å². The van der Waals surface area contributed by atoms with E-state index >= 15 is 0 Å². The molecule has 2 rings (SSSR count). The zero-order valence-electron chi connectivity index (χ0n) is 10.9. The molecule has 0 amide bonds. The standard InChI is InChI=1S/C14H15ClN2O2S/c1-10-8-12(15)6-7-14(10)17-20(18,19)9-11-4-2-3-5-13(11)16/h2-8,17H,9,16H2,1H3. The summed E-state index contributed by atoms with van der Waals surface area (Å²) in [6.45, 7) is 1.79. The summed E-state index contributed by atoms with van der Waals surface area (Å²) in [6.07, 6.45) is 0. The molecule has 0 aromatic heterocycles. The lowest BCUT2D eigenvalue weighted by Crippen LogP contribution is -2.16. The number of benzene rings is 2. The van der Waals surface area contributed by atoms with Gasteiger partial charge in [-0.2, -0.15) is 0 Å². The molecule has 2 aromatic carbocycles. The Morgan fingerprint density at radius 1 is 1.20 bits per heavy atom. The van der Waals surface area contributed by atoms with Crippen LogP contribution in [0, 0.1) is 6.92 Å². The van der Waals surface area contributed by atoms with E-state index in [1.807, 2.05) is 0 Å². The molecule has 0 radical (unpaired) electrons. The minimum Gasteiger partial charge on any atom is -0.398 e. The van der Waals surface area contributed by atoms with Gasteiger partial charge in [0.2, 0.25) is 10.0 Å². The Morgan fingerprint density at radius 2 is 1.90 bits per heavy atom. The normalized spacial score (nSPS) is 11.3. The third-order valence-corrected chi connectivity index (χ3v) is 4.31. The second kappa shape index (κ2) is 5.73. The number of nitrogens with one attached hydrogen (secondary N) is 1. The summed E-state index contributed by atoms with van der Waals surface area (Å²) in [6, 6.07) is 11.9. The van der Waals surface area contributed by atoms with Gasteiger partial charge in [0.05, 0.1) is 11.4 Å². The highest BCUT2D eigenvalue weighted by Crippen LogP contribution is 2.22. The lowest BCUT2D eigenvalue weighted by Gasteiger charge is -2.11. The maximum absolute atomic E-state index is 12.2. The molecular formula is C14H15ClN2O2S. The molecule has 0 aliphatic rings. The van der Waals surface area contributed by atoms with Crippen LogP contribution in [0.1, 0.15) is 11.1 Å². The number of nitrogen functional groups attached to an aromatic ring is 1. The highest BCUT2D eigenvalue weighted by molar-refractivity contribution is 7.91. The van der Waals surface area contributed by atoms with Crippen LogP contribution in [0.15, 0.2) is 42.5 Å². The predicted molar refractivity (Wildman–Crippen MR) is 83.3 cm³/mol. The molecule has 0 fully saturated rings. The van der Waals surface area contributed by atoms with Crippen LogP contribution in [0.2, 0.25) is 5.02 Å². The van der Waals surface area contributed by atoms with Gasteiger partial charge >= 0.3 is 0 Å². The van der Waals surface area contributed by atoms with Gasteiger partial charge in [-0.05, 0) is 42.3 Å². The van der Waals surface area contributed by atoms with Crippen molar-refractivity contribution in [2.45, 2.75) is 12.7 Å². The Kier molecular flexibility index (Phi) is 4.20. The van der Waals surface area contributed by atoms with E-state index in [1.54, 1.807) is 49.4 Å². The van der Waals surface area contributed by atoms with E-state index in [0.29, 0.717) is 22.0 Å². The van der Waals surface area contributed by atoms with E-state index in [1.165, 1.54) is 0 Å². The van der Waals surface area contributed by atoms with Gasteiger partial charge in [0, 0.05) is 10.7 Å². The molecule has 6 heteroatoms. The lowest BCUT2D eigenvalue weighted by molar-refractivity contribution is 0.600. The molecule has 2 aromatic rings. The summed E-state index contributed by atoms with van der Waals surface area (Å²) in [5, 5.41) is 0.567. The second-order valence-electron chi connectivity index (χ2n) is 4.52. The van der Waals surface area contributed by atoms with Crippen molar-refractivity contribution >= 4 is 33.0 Å². The van der Waals surface area contributed by atoms with Gasteiger partial charge in [-0.15, -0.1) is 0 Å². The topological polar surface area (TPSA) is 72.2 Å². The number of sulfonamides is 1. The lowest BCUT2D eigenvalue weighted by atomic mass is 10.2. The minimum atomic E-state index is -3.52. The van der Waals surface area contributed by atoms with Gasteiger partial charge in [-0.25, -0.2) is 8.42 Å². The van der Waals surface area contributed by atoms with Crippen LogP contribution in [-0.2, 0) is 15.8 Å². The number of halogens is 1. The molecule has 0 unspecified atom stereocenters. The van der Waals surface area contributed by atoms with Crippen molar-refractivity contribution in [2.75, 3.05) is 10.5 Å². The highest BCUT2D eigenvalue weighted by atomic mass is 35.5. The highest BCUT2D eigenvalue weighted by Gasteiger charge is 2.14. The third kappa shape index (κ3) is 3.65. The molecule has 0 aliphatic heterocycles. The van der Waals surface area contributed by atoms with E-state index in [9.17, 15) is 8.42 Å². The average Bonchev–Trinajstić information content (AvgIpc) is 2.35. The number of rotatable bonds is 4. The van der Waals surface area contributed by atoms with Crippen LogP contribution >= 0.6 is 11.6 Å². The Labute approximate surface area is 123 Å². The first-order chi connectivity index (χ1) is 9.37. The Bertz CT molecular complexity index is 730. The first-order valence-electron chi connectivity index (χ1n) is 5.97. The molecule has 4 nitrogen and oxygen atoms in total. The monoisotopic (exact) mass is 310 g/mol. The van der Waals surface area contributed by atoms with Gasteiger partial charge in [0.15, 0.2) is 0 Å². The van der Waals surface area contributed by atoms with Crippen molar-refractivity contribution in [2.24, 2.45) is 0 Å². The van der Waals surface area contributed by atoms with Gasteiger partial charge < -0.3 is 5.73 Å². The molecule has 0 saturated heterocycles. The minimum absolute atomic E-state index is 0.165. The van der Waals surface area contributed by atoms with Crippen LogP contribution < -0.4 is 10.5 Å². The van der Waals surface area contributed by atoms with Gasteiger partial charge in [-0.1, -0.05) is 29.8 Å². The van der Waals surface area contributed by atoms with Crippen molar-refractivity contribution in [3.63, 3.8) is 0 Å². The van der Waals surface area contributed by atoms with Gasteiger partial charge in [-0.3, -0.25) is 4.72 Å². The summed E-state index contributed by atoms with van der Waals surface area (Å²) >= 11 is 5.84. The second-order valence-corrected chi connectivity index (χ2v) is 6.68. The smallest absolute Gasteiger partial charge is 0.237 e. The Hall–Kier alpha value is -1.72. The molecule has 0 saturated carbocycles. The third-order valence-electron chi connectivity index (χ3n) is 2.85. The maximum atomic E-state index is 12.2. The van der Waals surface area contributed by atoms with E-state index < -0.39 is 10.0 Å². The predicted octanol–water partition coefficient (Wildman–Crippen LogP) is 3.17. The Balaban J connectivity index is 2.22. The van der Waals surface area contributed by atoms with Gasteiger partial charge in [0.1, 0.15) is 0 Å². The van der Waals surface area contributed by atoms with Gasteiger partial charge in [0.25, 0.3) is 0 Å². The summed E-state index contributed by atoms with van der Waals surface area (Å²) in [7, 11) is -3.52. The largest absolute Gasteiger partial charge is 0.398 e. The summed E-state index contributed by atoms with van der Waals surface area (Å²) < 4.78 is 26.9. The molecule has 0 bridgehead atoms. The molecule has 3 N–H and O–H groups in total. The molecule has 0 aliphatic carbocycles. The molecule has 0 heterocycles. The number of hydrogen-bond donors (Lipinski definition) is 2. The van der Waals surface area contributed by atoms with Crippen LogP contribution in [0.5, 0.6) is 0 Å². The first-order valence-corrected chi connectivity index (χ1v) is 8.00. The number of hydrogen-bond acceptors (Lipinski definition) is 3. The molecule has 0 spiro atoms. The van der Waals surface area contributed by atoms with Crippen LogP contribution in [-0.4, -0.2) is 8.42 Å². The molecule has 20 heavy (non-hydrogen) atoms. The van der Waals surface area contributed by atoms with E-state index in [-0.39, 0.29) is 5.75 Å². The number of para-hydroxylation sites is 1. The number of nitrogens with two attached hydrogens (primary N) is 1. The zero-order valence-corrected chi connectivity index (χ0v) is 12.5.